The van der Waals surface area contributed by atoms with Crippen LogP contribution in [0.1, 0.15) is 31.2 Å². The van der Waals surface area contributed by atoms with Crippen LogP contribution in [-0.4, -0.2) is 32.6 Å². The Balaban J connectivity index is 2.51. The number of rotatable bonds is 5. The average molecular weight is 369 g/mol. The first-order chi connectivity index (χ1) is 11.2. The third-order valence-corrected chi connectivity index (χ3v) is 5.82. The predicted octanol–water partition coefficient (Wildman–Crippen LogP) is 2.65. The molecule has 9 heteroatoms. The van der Waals surface area contributed by atoms with Crippen LogP contribution in [-0.2, 0) is 14.8 Å². The fourth-order valence-corrected chi connectivity index (χ4v) is 4.32. The Labute approximate surface area is 142 Å². The highest BCUT2D eigenvalue weighted by atomic mass is 32.2. The van der Waals surface area contributed by atoms with Crippen LogP contribution in [0.5, 0.6) is 0 Å². The molecule has 0 saturated carbocycles. The third-order valence-electron chi connectivity index (χ3n) is 3.44. The van der Waals surface area contributed by atoms with Crippen molar-refractivity contribution in [3.05, 3.63) is 45.1 Å². The number of aromatic carboxylic acids is 1. The number of benzene rings is 1. The molecule has 2 N–H and O–H groups in total. The highest BCUT2D eigenvalue weighted by molar-refractivity contribution is 7.92. The van der Waals surface area contributed by atoms with Crippen molar-refractivity contribution in [1.82, 2.24) is 0 Å². The number of carboxylic acids is 1. The van der Waals surface area contributed by atoms with Crippen LogP contribution in [0.25, 0.3) is 0 Å². The molecule has 0 saturated heterocycles. The van der Waals surface area contributed by atoms with E-state index in [1.54, 1.807) is 19.2 Å². The van der Waals surface area contributed by atoms with Crippen molar-refractivity contribution in [2.45, 2.75) is 18.7 Å². The zero-order valence-electron chi connectivity index (χ0n) is 13.1. The Morgan fingerprint density at radius 1 is 1.25 bits per heavy atom. The topological polar surface area (TPSA) is 110 Å². The molecule has 0 bridgehead atoms. The molecular formula is C15H15NO6S2. The summed E-state index contributed by atoms with van der Waals surface area (Å²) in [6.07, 6.45) is 0. The largest absolute Gasteiger partial charge is 0.478 e. The molecule has 0 radical (unpaired) electrons. The van der Waals surface area contributed by atoms with Crippen molar-refractivity contribution >= 4 is 39.0 Å². The molecule has 24 heavy (non-hydrogen) atoms. The second-order valence-electron chi connectivity index (χ2n) is 4.98. The molecule has 2 aromatic rings. The lowest BCUT2D eigenvalue weighted by molar-refractivity contribution is 0.0606. The van der Waals surface area contributed by atoms with E-state index in [0.717, 1.165) is 17.4 Å². The van der Waals surface area contributed by atoms with Gasteiger partial charge in [0.05, 0.1) is 23.3 Å². The lowest BCUT2D eigenvalue weighted by atomic mass is 10.1. The number of anilines is 1. The molecule has 0 aliphatic carbocycles. The van der Waals surface area contributed by atoms with Crippen LogP contribution in [0.15, 0.2) is 28.5 Å². The standard InChI is InChI=1S/C15H15NO6S2/c1-8-6-10(14(17)18)7-12(9(8)2)24(20,21)16-11-4-5-23-13(11)15(19)22-3/h4-7,16H,1-3H3,(H,17,18). The van der Waals surface area contributed by atoms with Crippen molar-refractivity contribution in [3.8, 4) is 0 Å². The maximum atomic E-state index is 12.7. The van der Waals surface area contributed by atoms with Gasteiger partial charge >= 0.3 is 11.9 Å². The summed E-state index contributed by atoms with van der Waals surface area (Å²) in [4.78, 5) is 22.8. The molecular weight excluding hydrogens is 354 g/mol. The summed E-state index contributed by atoms with van der Waals surface area (Å²) >= 11 is 1.04. The molecule has 2 rings (SSSR count). The van der Waals surface area contributed by atoms with Crippen LogP contribution in [0.4, 0.5) is 5.69 Å². The SMILES string of the molecule is COC(=O)c1sccc1NS(=O)(=O)c1cc(C(=O)O)cc(C)c1C. The maximum absolute atomic E-state index is 12.7. The first-order valence-electron chi connectivity index (χ1n) is 6.70. The van der Waals surface area contributed by atoms with E-state index in [4.69, 9.17) is 5.11 Å². The third kappa shape index (κ3) is 3.41. The normalized spacial score (nSPS) is 11.1. The molecule has 0 amide bonds. The number of nitrogens with one attached hydrogen (secondary N) is 1. The summed E-state index contributed by atoms with van der Waals surface area (Å²) in [5.41, 5.74) is 0.928. The number of carbonyl (C=O) groups is 2. The fourth-order valence-electron chi connectivity index (χ4n) is 2.07. The average Bonchev–Trinajstić information content (AvgIpc) is 2.95. The maximum Gasteiger partial charge on any atom is 0.350 e. The Bertz CT molecular complexity index is 914. The first kappa shape index (κ1) is 18.0. The van der Waals surface area contributed by atoms with Crippen LogP contribution >= 0.6 is 11.3 Å². The van der Waals surface area contributed by atoms with Crippen molar-refractivity contribution < 1.29 is 27.9 Å². The van der Waals surface area contributed by atoms with E-state index >= 15 is 0 Å². The van der Waals surface area contributed by atoms with Gasteiger partial charge in [-0.05, 0) is 48.6 Å². The summed E-state index contributed by atoms with van der Waals surface area (Å²) in [7, 11) is -2.87. The van der Waals surface area contributed by atoms with E-state index in [1.165, 1.54) is 19.2 Å². The number of sulfonamides is 1. The quantitative estimate of drug-likeness (QED) is 0.784. The van der Waals surface area contributed by atoms with Gasteiger partial charge in [-0.25, -0.2) is 18.0 Å². The molecule has 1 aromatic carbocycles. The van der Waals surface area contributed by atoms with Gasteiger partial charge < -0.3 is 9.84 Å². The number of thiophene rings is 1. The number of hydrogen-bond acceptors (Lipinski definition) is 6. The van der Waals surface area contributed by atoms with Gasteiger partial charge in [0.25, 0.3) is 10.0 Å². The Kier molecular flexibility index (Phi) is 4.95. The van der Waals surface area contributed by atoms with E-state index in [-0.39, 0.29) is 21.0 Å². The van der Waals surface area contributed by atoms with E-state index < -0.39 is 22.0 Å². The molecule has 0 aliphatic heterocycles. The number of aryl methyl sites for hydroxylation is 1. The highest BCUT2D eigenvalue weighted by Gasteiger charge is 2.24. The lowest BCUT2D eigenvalue weighted by Crippen LogP contribution is -2.17. The van der Waals surface area contributed by atoms with E-state index in [1.807, 2.05) is 0 Å². The van der Waals surface area contributed by atoms with E-state index in [9.17, 15) is 18.0 Å². The van der Waals surface area contributed by atoms with Crippen molar-refractivity contribution in [3.63, 3.8) is 0 Å². The van der Waals surface area contributed by atoms with Crippen molar-refractivity contribution in [2.24, 2.45) is 0 Å². The molecule has 0 fully saturated rings. The molecule has 0 atom stereocenters. The molecule has 1 heterocycles. The summed E-state index contributed by atoms with van der Waals surface area (Å²) in [5.74, 6) is -1.88. The van der Waals surface area contributed by atoms with E-state index in [2.05, 4.69) is 9.46 Å². The van der Waals surface area contributed by atoms with Crippen LogP contribution < -0.4 is 4.72 Å². The second kappa shape index (κ2) is 6.62. The monoisotopic (exact) mass is 369 g/mol. The van der Waals surface area contributed by atoms with Gasteiger partial charge in [-0.2, -0.15) is 0 Å². The molecule has 0 aliphatic rings. The first-order valence-corrected chi connectivity index (χ1v) is 9.07. The smallest absolute Gasteiger partial charge is 0.350 e. The van der Waals surface area contributed by atoms with Gasteiger partial charge in [0.15, 0.2) is 0 Å². The van der Waals surface area contributed by atoms with Crippen LogP contribution in [0, 0.1) is 13.8 Å². The van der Waals surface area contributed by atoms with Crippen molar-refractivity contribution in [2.75, 3.05) is 11.8 Å². The summed E-state index contributed by atoms with van der Waals surface area (Å²) in [6, 6.07) is 3.94. The number of ether oxygens (including phenoxy) is 1. The zero-order valence-corrected chi connectivity index (χ0v) is 14.7. The van der Waals surface area contributed by atoms with Crippen molar-refractivity contribution in [1.29, 1.82) is 0 Å². The summed E-state index contributed by atoms with van der Waals surface area (Å²) in [5, 5.41) is 10.7. The minimum Gasteiger partial charge on any atom is -0.478 e. The van der Waals surface area contributed by atoms with Gasteiger partial charge in [0.1, 0.15) is 4.88 Å². The predicted molar refractivity (Wildman–Crippen MR) is 89.3 cm³/mol. The van der Waals surface area contributed by atoms with Gasteiger partial charge in [0, 0.05) is 0 Å². The molecule has 7 nitrogen and oxygen atoms in total. The van der Waals surface area contributed by atoms with Gasteiger partial charge in [-0.3, -0.25) is 4.72 Å². The Morgan fingerprint density at radius 2 is 1.92 bits per heavy atom. The number of methoxy groups -OCH3 is 1. The van der Waals surface area contributed by atoms with E-state index in [0.29, 0.717) is 11.1 Å². The second-order valence-corrected chi connectivity index (χ2v) is 7.55. The Hall–Kier alpha value is -2.39. The number of carboxylic acid groups (broad SMARTS) is 1. The summed E-state index contributed by atoms with van der Waals surface area (Å²) in [6.45, 7) is 3.22. The fraction of sp³-hybridized carbons (Fsp3) is 0.200. The van der Waals surface area contributed by atoms with Gasteiger partial charge in [-0.15, -0.1) is 11.3 Å². The molecule has 1 aromatic heterocycles. The van der Waals surface area contributed by atoms with Crippen LogP contribution in [0.2, 0.25) is 0 Å². The minimum atomic E-state index is -4.07. The lowest BCUT2D eigenvalue weighted by Gasteiger charge is -2.13. The number of hydrogen-bond donors (Lipinski definition) is 2. The van der Waals surface area contributed by atoms with Crippen LogP contribution in [0.3, 0.4) is 0 Å². The van der Waals surface area contributed by atoms with Gasteiger partial charge in [0.2, 0.25) is 0 Å². The molecule has 0 unspecified atom stereocenters. The molecule has 0 spiro atoms. The highest BCUT2D eigenvalue weighted by Crippen LogP contribution is 2.28. The number of carbonyl (C=O) groups excluding carboxylic acids is 1. The molecule has 128 valence electrons. The number of esters is 1. The Morgan fingerprint density at radius 3 is 2.50 bits per heavy atom. The minimum absolute atomic E-state index is 0.0876. The summed E-state index contributed by atoms with van der Waals surface area (Å²) < 4.78 is 32.2. The van der Waals surface area contributed by atoms with Gasteiger partial charge in [-0.1, -0.05) is 0 Å². The zero-order chi connectivity index (χ0) is 18.1.